The molecule has 1 amide bonds. The number of carbonyl (C=O) groups is 2. The number of rotatable bonds is 5. The van der Waals surface area contributed by atoms with Crippen molar-refractivity contribution in [2.45, 2.75) is 31.8 Å². The van der Waals surface area contributed by atoms with Gasteiger partial charge in [0.25, 0.3) is 0 Å². The molecule has 1 aliphatic heterocycles. The van der Waals surface area contributed by atoms with Crippen molar-refractivity contribution in [3.05, 3.63) is 0 Å². The van der Waals surface area contributed by atoms with Crippen LogP contribution in [0.1, 0.15) is 20.3 Å². The maximum Gasteiger partial charge on any atom is 0.323 e. The summed E-state index contributed by atoms with van der Waals surface area (Å²) in [5.74, 6) is -1.40. The molecule has 1 rings (SSSR count). The first kappa shape index (κ1) is 14.9. The van der Waals surface area contributed by atoms with Crippen LogP contribution in [0.4, 0.5) is 0 Å². The summed E-state index contributed by atoms with van der Waals surface area (Å²) in [5, 5.41) is 14.0. The topological polar surface area (TPSA) is 113 Å². The molecule has 0 spiro atoms. The minimum atomic E-state index is -3.03. The van der Waals surface area contributed by atoms with Crippen molar-refractivity contribution in [1.82, 2.24) is 10.6 Å². The lowest BCUT2D eigenvalue weighted by Crippen LogP contribution is -2.51. The molecule has 104 valence electrons. The number of carboxylic acids is 1. The lowest BCUT2D eigenvalue weighted by Gasteiger charge is -2.21. The number of hydrogen-bond donors (Lipinski definition) is 3. The molecule has 8 heteroatoms. The minimum absolute atomic E-state index is 0.0406. The van der Waals surface area contributed by atoms with E-state index in [1.165, 1.54) is 13.8 Å². The zero-order chi connectivity index (χ0) is 14.0. The van der Waals surface area contributed by atoms with Crippen LogP contribution in [0.15, 0.2) is 0 Å². The van der Waals surface area contributed by atoms with E-state index < -0.39 is 27.3 Å². The molecule has 0 aromatic rings. The Morgan fingerprint density at radius 3 is 2.44 bits per heavy atom. The molecule has 0 aromatic carbocycles. The van der Waals surface area contributed by atoms with Gasteiger partial charge in [-0.1, -0.05) is 0 Å². The highest BCUT2D eigenvalue weighted by Gasteiger charge is 2.30. The summed E-state index contributed by atoms with van der Waals surface area (Å²) in [6.45, 7) is 2.74. The molecule has 3 N–H and O–H groups in total. The lowest BCUT2D eigenvalue weighted by molar-refractivity contribution is -0.143. The third kappa shape index (κ3) is 4.26. The number of nitrogens with one attached hydrogen (secondary N) is 2. The van der Waals surface area contributed by atoms with E-state index in [2.05, 4.69) is 10.6 Å². The van der Waals surface area contributed by atoms with Crippen molar-refractivity contribution in [2.75, 3.05) is 18.1 Å². The normalized spacial score (nSPS) is 22.7. The van der Waals surface area contributed by atoms with Gasteiger partial charge in [-0.15, -0.1) is 0 Å². The second-order valence-corrected chi connectivity index (χ2v) is 7.18. The van der Waals surface area contributed by atoms with Gasteiger partial charge in [0.15, 0.2) is 9.84 Å². The van der Waals surface area contributed by atoms with Gasteiger partial charge in [0.2, 0.25) is 5.91 Å². The van der Waals surface area contributed by atoms with Crippen molar-refractivity contribution >= 4 is 21.7 Å². The second kappa shape index (κ2) is 5.23. The van der Waals surface area contributed by atoms with Crippen molar-refractivity contribution in [3.63, 3.8) is 0 Å². The van der Waals surface area contributed by atoms with Crippen LogP contribution < -0.4 is 10.6 Å². The number of carbonyl (C=O) groups excluding carboxylic acids is 1. The van der Waals surface area contributed by atoms with E-state index in [4.69, 9.17) is 5.11 Å². The van der Waals surface area contributed by atoms with Crippen LogP contribution >= 0.6 is 0 Å². The van der Waals surface area contributed by atoms with Crippen LogP contribution in [0.2, 0.25) is 0 Å². The molecule has 0 aliphatic carbocycles. The largest absolute Gasteiger partial charge is 0.480 e. The summed E-state index contributed by atoms with van der Waals surface area (Å²) in [6, 6.07) is -0.364. The van der Waals surface area contributed by atoms with E-state index in [0.717, 1.165) is 0 Å². The SMILES string of the molecule is CC(C)(NCC(=O)NC1CCS(=O)(=O)C1)C(=O)O. The molecule has 0 radical (unpaired) electrons. The van der Waals surface area contributed by atoms with Gasteiger partial charge in [-0.2, -0.15) is 0 Å². The van der Waals surface area contributed by atoms with Crippen LogP contribution in [0.3, 0.4) is 0 Å². The molecule has 1 heterocycles. The van der Waals surface area contributed by atoms with Crippen LogP contribution in [-0.2, 0) is 19.4 Å². The molecule has 0 saturated carbocycles. The van der Waals surface area contributed by atoms with Crippen LogP contribution in [-0.4, -0.2) is 55.0 Å². The molecule has 1 fully saturated rings. The van der Waals surface area contributed by atoms with Crippen LogP contribution in [0.5, 0.6) is 0 Å². The Morgan fingerprint density at radius 1 is 1.39 bits per heavy atom. The molecule has 7 nitrogen and oxygen atoms in total. The van der Waals surface area contributed by atoms with E-state index in [1.54, 1.807) is 0 Å². The third-order valence-corrected chi connectivity index (χ3v) is 4.59. The predicted octanol–water partition coefficient (Wildman–Crippen LogP) is -1.26. The van der Waals surface area contributed by atoms with E-state index in [9.17, 15) is 18.0 Å². The number of sulfone groups is 1. The summed E-state index contributed by atoms with van der Waals surface area (Å²) in [6.07, 6.45) is 0.413. The molecule has 18 heavy (non-hydrogen) atoms. The quantitative estimate of drug-likeness (QED) is 0.579. The average molecular weight is 278 g/mol. The van der Waals surface area contributed by atoms with E-state index in [0.29, 0.717) is 6.42 Å². The molecule has 1 atom stereocenters. The van der Waals surface area contributed by atoms with E-state index >= 15 is 0 Å². The van der Waals surface area contributed by atoms with Gasteiger partial charge in [-0.3, -0.25) is 14.9 Å². The summed E-state index contributed by atoms with van der Waals surface area (Å²) in [4.78, 5) is 22.3. The van der Waals surface area contributed by atoms with Crippen molar-refractivity contribution in [2.24, 2.45) is 0 Å². The molecule has 1 unspecified atom stereocenters. The lowest BCUT2D eigenvalue weighted by atomic mass is 10.1. The van der Waals surface area contributed by atoms with Gasteiger partial charge in [0, 0.05) is 6.04 Å². The summed E-state index contributed by atoms with van der Waals surface area (Å²) in [5.41, 5.74) is -1.20. The monoisotopic (exact) mass is 278 g/mol. The fourth-order valence-electron chi connectivity index (χ4n) is 1.56. The van der Waals surface area contributed by atoms with Crippen LogP contribution in [0, 0.1) is 0 Å². The van der Waals surface area contributed by atoms with Gasteiger partial charge in [0.1, 0.15) is 5.54 Å². The number of aliphatic carboxylic acids is 1. The highest BCUT2D eigenvalue weighted by molar-refractivity contribution is 7.91. The Hall–Kier alpha value is -1.15. The first-order chi connectivity index (χ1) is 8.12. The Morgan fingerprint density at radius 2 is 2.00 bits per heavy atom. The highest BCUT2D eigenvalue weighted by Crippen LogP contribution is 2.11. The Balaban J connectivity index is 2.38. The fraction of sp³-hybridized carbons (Fsp3) is 0.800. The molecule has 1 aliphatic rings. The molecule has 1 saturated heterocycles. The fourth-order valence-corrected chi connectivity index (χ4v) is 3.24. The maximum atomic E-state index is 11.5. The number of amides is 1. The van der Waals surface area contributed by atoms with Gasteiger partial charge >= 0.3 is 5.97 Å². The Labute approximate surface area is 106 Å². The zero-order valence-corrected chi connectivity index (χ0v) is 11.2. The molecule has 0 aromatic heterocycles. The van der Waals surface area contributed by atoms with Gasteiger partial charge in [0.05, 0.1) is 18.1 Å². The van der Waals surface area contributed by atoms with E-state index in [-0.39, 0.29) is 24.1 Å². The zero-order valence-electron chi connectivity index (χ0n) is 10.4. The van der Waals surface area contributed by atoms with Crippen LogP contribution in [0.25, 0.3) is 0 Å². The number of carboxylic acid groups (broad SMARTS) is 1. The van der Waals surface area contributed by atoms with Crippen molar-refractivity contribution < 1.29 is 23.1 Å². The van der Waals surface area contributed by atoms with Gasteiger partial charge in [-0.05, 0) is 20.3 Å². The van der Waals surface area contributed by atoms with Crippen molar-refractivity contribution in [1.29, 1.82) is 0 Å². The Bertz CT molecular complexity index is 443. The van der Waals surface area contributed by atoms with Gasteiger partial charge < -0.3 is 10.4 Å². The Kier molecular flexibility index (Phi) is 4.33. The first-order valence-corrected chi connectivity index (χ1v) is 7.43. The highest BCUT2D eigenvalue weighted by atomic mass is 32.2. The average Bonchev–Trinajstić information content (AvgIpc) is 2.55. The minimum Gasteiger partial charge on any atom is -0.480 e. The number of hydrogen-bond acceptors (Lipinski definition) is 5. The van der Waals surface area contributed by atoms with E-state index in [1.807, 2.05) is 0 Å². The smallest absolute Gasteiger partial charge is 0.323 e. The second-order valence-electron chi connectivity index (χ2n) is 4.95. The molecule has 0 bridgehead atoms. The summed E-state index contributed by atoms with van der Waals surface area (Å²) in [7, 11) is -3.03. The standard InChI is InChI=1S/C10H18N2O5S/c1-10(2,9(14)15)11-5-8(13)12-7-3-4-18(16,17)6-7/h7,11H,3-6H2,1-2H3,(H,12,13)(H,14,15). The maximum absolute atomic E-state index is 11.5. The van der Waals surface area contributed by atoms with Crippen molar-refractivity contribution in [3.8, 4) is 0 Å². The molecular weight excluding hydrogens is 260 g/mol. The molecular formula is C10H18N2O5S. The predicted molar refractivity (Wildman–Crippen MR) is 64.9 cm³/mol. The summed E-state index contributed by atoms with van der Waals surface area (Å²) < 4.78 is 22.4. The van der Waals surface area contributed by atoms with Gasteiger partial charge in [-0.25, -0.2) is 8.42 Å². The first-order valence-electron chi connectivity index (χ1n) is 5.60. The summed E-state index contributed by atoms with van der Waals surface area (Å²) >= 11 is 0. The third-order valence-electron chi connectivity index (χ3n) is 2.82.